The van der Waals surface area contributed by atoms with Crippen LogP contribution in [0.3, 0.4) is 0 Å². The SMILES string of the molecule is C=CCOC(=O)[C@@H]1C(=O)C[C@@](C)(O)[C@H](C(=O)OCC=C)[C@H]1c1ccc(OCC)cc1. The van der Waals surface area contributed by atoms with Crippen LogP contribution in [0.25, 0.3) is 0 Å². The Kier molecular flexibility index (Phi) is 7.94. The summed E-state index contributed by atoms with van der Waals surface area (Å²) in [5.74, 6) is -4.76. The Hall–Kier alpha value is -2.93. The summed E-state index contributed by atoms with van der Waals surface area (Å²) in [4.78, 5) is 38.5. The van der Waals surface area contributed by atoms with E-state index >= 15 is 0 Å². The molecule has 0 unspecified atom stereocenters. The molecule has 1 aliphatic carbocycles. The Bertz CT molecular complexity index is 794. The number of aliphatic hydroxyl groups is 1. The molecular formula is C23H28O7. The molecule has 1 fully saturated rings. The van der Waals surface area contributed by atoms with Crippen molar-refractivity contribution < 1.29 is 33.7 Å². The van der Waals surface area contributed by atoms with E-state index in [1.807, 2.05) is 6.92 Å². The highest BCUT2D eigenvalue weighted by atomic mass is 16.5. The zero-order valence-electron chi connectivity index (χ0n) is 17.3. The highest BCUT2D eigenvalue weighted by molar-refractivity contribution is 6.02. The maximum absolute atomic E-state index is 12.9. The lowest BCUT2D eigenvalue weighted by Crippen LogP contribution is -2.55. The molecule has 1 aromatic carbocycles. The predicted molar refractivity (Wildman–Crippen MR) is 110 cm³/mol. The van der Waals surface area contributed by atoms with Crippen LogP contribution in [-0.4, -0.2) is 48.3 Å². The van der Waals surface area contributed by atoms with Crippen LogP contribution in [0.1, 0.15) is 31.7 Å². The maximum Gasteiger partial charge on any atom is 0.317 e. The standard InChI is InChI=1S/C23H28O7/c1-5-12-29-21(25)19-17(24)14-23(4,27)20(22(26)30-13-6-2)18(19)15-8-10-16(11-9-15)28-7-3/h5-6,8-11,18-20,27H,1-2,7,12-14H2,3-4H3/t18-,19+,20-,23+/m0/s1. The summed E-state index contributed by atoms with van der Waals surface area (Å²) in [7, 11) is 0. The van der Waals surface area contributed by atoms with Crippen molar-refractivity contribution in [2.45, 2.75) is 31.8 Å². The average molecular weight is 416 g/mol. The smallest absolute Gasteiger partial charge is 0.317 e. The summed E-state index contributed by atoms with van der Waals surface area (Å²) in [6.45, 7) is 10.6. The van der Waals surface area contributed by atoms with Crippen LogP contribution < -0.4 is 4.74 Å². The van der Waals surface area contributed by atoms with Crippen LogP contribution in [0.4, 0.5) is 0 Å². The fourth-order valence-electron chi connectivity index (χ4n) is 3.83. The van der Waals surface area contributed by atoms with Gasteiger partial charge in [0, 0.05) is 12.3 Å². The Balaban J connectivity index is 2.55. The number of Topliss-reactive ketones (excluding diaryl/α,β-unsaturated/α-hetero) is 1. The molecule has 0 heterocycles. The number of carbonyl (C=O) groups excluding carboxylic acids is 3. The molecule has 7 nitrogen and oxygen atoms in total. The van der Waals surface area contributed by atoms with Crippen molar-refractivity contribution in [2.75, 3.05) is 19.8 Å². The van der Waals surface area contributed by atoms with Crippen LogP contribution >= 0.6 is 0 Å². The van der Waals surface area contributed by atoms with E-state index in [1.165, 1.54) is 19.1 Å². The molecular weight excluding hydrogens is 388 g/mol. The average Bonchev–Trinajstić information content (AvgIpc) is 2.70. The van der Waals surface area contributed by atoms with E-state index in [1.54, 1.807) is 24.3 Å². The normalized spacial score (nSPS) is 25.8. The number of ketones is 1. The van der Waals surface area contributed by atoms with Crippen LogP contribution in [0, 0.1) is 11.8 Å². The number of esters is 2. The van der Waals surface area contributed by atoms with Gasteiger partial charge in [0.15, 0.2) is 5.78 Å². The molecule has 0 aromatic heterocycles. The molecule has 7 heteroatoms. The van der Waals surface area contributed by atoms with Crippen molar-refractivity contribution in [3.8, 4) is 5.75 Å². The lowest BCUT2D eigenvalue weighted by molar-refractivity contribution is -0.171. The number of benzene rings is 1. The van der Waals surface area contributed by atoms with E-state index < -0.39 is 41.1 Å². The first-order chi connectivity index (χ1) is 14.3. The van der Waals surface area contributed by atoms with Crippen LogP contribution in [0.5, 0.6) is 5.75 Å². The van der Waals surface area contributed by atoms with Gasteiger partial charge >= 0.3 is 11.9 Å². The van der Waals surface area contributed by atoms with Crippen LogP contribution in [-0.2, 0) is 23.9 Å². The highest BCUT2D eigenvalue weighted by Gasteiger charge is 2.57. The maximum atomic E-state index is 12.9. The van der Waals surface area contributed by atoms with Crippen LogP contribution in [0.15, 0.2) is 49.6 Å². The molecule has 1 N–H and O–H groups in total. The molecule has 1 aliphatic rings. The second kappa shape index (κ2) is 10.2. The van der Waals surface area contributed by atoms with Crippen molar-refractivity contribution >= 4 is 17.7 Å². The molecule has 162 valence electrons. The molecule has 0 radical (unpaired) electrons. The highest BCUT2D eigenvalue weighted by Crippen LogP contribution is 2.47. The van der Waals surface area contributed by atoms with Gasteiger partial charge in [0.1, 0.15) is 24.9 Å². The molecule has 0 saturated heterocycles. The van der Waals surface area contributed by atoms with Crippen molar-refractivity contribution in [3.63, 3.8) is 0 Å². The fraction of sp³-hybridized carbons (Fsp3) is 0.435. The molecule has 0 aliphatic heterocycles. The molecule has 1 aromatic rings. The molecule has 0 amide bonds. The number of ether oxygens (including phenoxy) is 3. The van der Waals surface area contributed by atoms with Gasteiger partial charge in [-0.2, -0.15) is 0 Å². The lowest BCUT2D eigenvalue weighted by atomic mass is 9.61. The van der Waals surface area contributed by atoms with E-state index in [2.05, 4.69) is 13.2 Å². The number of rotatable bonds is 9. The van der Waals surface area contributed by atoms with Gasteiger partial charge in [0.25, 0.3) is 0 Å². The number of hydrogen-bond donors (Lipinski definition) is 1. The zero-order valence-corrected chi connectivity index (χ0v) is 17.3. The van der Waals surface area contributed by atoms with Crippen molar-refractivity contribution in [3.05, 3.63) is 55.1 Å². The Morgan fingerprint density at radius 2 is 1.70 bits per heavy atom. The molecule has 30 heavy (non-hydrogen) atoms. The first-order valence-corrected chi connectivity index (χ1v) is 9.79. The summed E-state index contributed by atoms with van der Waals surface area (Å²) >= 11 is 0. The van der Waals surface area contributed by atoms with Crippen LogP contribution in [0.2, 0.25) is 0 Å². The molecule has 2 rings (SSSR count). The van der Waals surface area contributed by atoms with E-state index in [-0.39, 0.29) is 19.6 Å². The van der Waals surface area contributed by atoms with Gasteiger partial charge < -0.3 is 19.3 Å². The predicted octanol–water partition coefficient (Wildman–Crippen LogP) is 2.58. The Labute approximate surface area is 176 Å². The summed E-state index contributed by atoms with van der Waals surface area (Å²) in [6.07, 6.45) is 2.42. The first kappa shape index (κ1) is 23.3. The minimum absolute atomic E-state index is 0.0546. The van der Waals surface area contributed by atoms with E-state index in [4.69, 9.17) is 14.2 Å². The number of carbonyl (C=O) groups is 3. The monoisotopic (exact) mass is 416 g/mol. The van der Waals surface area contributed by atoms with Gasteiger partial charge in [-0.3, -0.25) is 14.4 Å². The molecule has 4 atom stereocenters. The van der Waals surface area contributed by atoms with E-state index in [0.29, 0.717) is 17.9 Å². The van der Waals surface area contributed by atoms with Gasteiger partial charge in [-0.15, -0.1) is 0 Å². The van der Waals surface area contributed by atoms with Gasteiger partial charge in [-0.1, -0.05) is 37.4 Å². The van der Waals surface area contributed by atoms with Gasteiger partial charge in [0.05, 0.1) is 18.1 Å². The lowest BCUT2D eigenvalue weighted by Gasteiger charge is -2.43. The molecule has 0 bridgehead atoms. The second-order valence-electron chi connectivity index (χ2n) is 7.32. The second-order valence-corrected chi connectivity index (χ2v) is 7.32. The van der Waals surface area contributed by atoms with Gasteiger partial charge in [-0.05, 0) is 31.5 Å². The van der Waals surface area contributed by atoms with Crippen molar-refractivity contribution in [2.24, 2.45) is 11.8 Å². The van der Waals surface area contributed by atoms with Crippen molar-refractivity contribution in [1.82, 2.24) is 0 Å². The third-order valence-corrected chi connectivity index (χ3v) is 5.04. The fourth-order valence-corrected chi connectivity index (χ4v) is 3.83. The minimum atomic E-state index is -1.70. The quantitative estimate of drug-likeness (QED) is 0.375. The van der Waals surface area contributed by atoms with Crippen molar-refractivity contribution in [1.29, 1.82) is 0 Å². The molecule has 0 spiro atoms. The van der Waals surface area contributed by atoms with Gasteiger partial charge in [-0.25, -0.2) is 0 Å². The largest absolute Gasteiger partial charge is 0.494 e. The summed E-state index contributed by atoms with van der Waals surface area (Å²) < 4.78 is 15.8. The third-order valence-electron chi connectivity index (χ3n) is 5.04. The van der Waals surface area contributed by atoms with E-state index in [0.717, 1.165) is 0 Å². The zero-order chi connectivity index (χ0) is 22.3. The summed E-state index contributed by atoms with van der Waals surface area (Å²) in [5, 5.41) is 11.0. The van der Waals surface area contributed by atoms with Gasteiger partial charge in [0.2, 0.25) is 0 Å². The Morgan fingerprint density at radius 1 is 1.13 bits per heavy atom. The minimum Gasteiger partial charge on any atom is -0.494 e. The first-order valence-electron chi connectivity index (χ1n) is 9.79. The summed E-state index contributed by atoms with van der Waals surface area (Å²) in [5.41, 5.74) is -1.18. The molecule has 1 saturated carbocycles. The summed E-state index contributed by atoms with van der Waals surface area (Å²) in [6, 6.07) is 6.72. The van der Waals surface area contributed by atoms with E-state index in [9.17, 15) is 19.5 Å². The third kappa shape index (κ3) is 5.16. The topological polar surface area (TPSA) is 99.1 Å². The Morgan fingerprint density at radius 3 is 2.23 bits per heavy atom. The number of hydrogen-bond acceptors (Lipinski definition) is 7.